The first-order valence-electron chi connectivity index (χ1n) is 14.7. The summed E-state index contributed by atoms with van der Waals surface area (Å²) in [4.78, 5) is 46.0. The van der Waals surface area contributed by atoms with Crippen LogP contribution in [0.5, 0.6) is 0 Å². The van der Waals surface area contributed by atoms with E-state index in [1.165, 1.54) is 11.3 Å². The Bertz CT molecular complexity index is 1520. The standard InChI is InChI=1S/C31H36Cl2N8O2/c1-4-27(42)39-11-10-23(19-39)41-29-21(18-40(31(41)43)28-24(32)6-5-7-25(28)33)17-34-30(36-29)35-22-8-9-26(20(2)16-22)38-14-12-37(3)13-15-38/h5-9,16-17,23H,4,10-15,18-19H2,1-3H3,(H,34,35,36)/t23-/m0/s1. The third kappa shape index (κ3) is 5.83. The van der Waals surface area contributed by atoms with Gasteiger partial charge in [0.2, 0.25) is 11.9 Å². The summed E-state index contributed by atoms with van der Waals surface area (Å²) in [6.07, 6.45) is 2.81. The lowest BCUT2D eigenvalue weighted by molar-refractivity contribution is -0.129. The molecule has 4 heterocycles. The summed E-state index contributed by atoms with van der Waals surface area (Å²) in [5.41, 5.74) is 4.48. The smallest absolute Gasteiger partial charge is 0.330 e. The van der Waals surface area contributed by atoms with Gasteiger partial charge in [-0.15, -0.1) is 0 Å². The zero-order chi connectivity index (χ0) is 30.2. The largest absolute Gasteiger partial charge is 0.369 e. The number of likely N-dealkylation sites (tertiary alicyclic amines) is 1. The predicted molar refractivity (Wildman–Crippen MR) is 172 cm³/mol. The number of para-hydroxylation sites is 1. The molecule has 1 atom stereocenters. The lowest BCUT2D eigenvalue weighted by Gasteiger charge is -2.39. The van der Waals surface area contributed by atoms with Crippen LogP contribution in [-0.2, 0) is 11.3 Å². The van der Waals surface area contributed by atoms with Gasteiger partial charge in [0, 0.05) is 68.8 Å². The number of fused-ring (bicyclic) bond motifs is 1. The Morgan fingerprint density at radius 2 is 1.81 bits per heavy atom. The fourth-order valence-electron chi connectivity index (χ4n) is 6.15. The molecule has 1 aromatic heterocycles. The van der Waals surface area contributed by atoms with Gasteiger partial charge in [-0.2, -0.15) is 4.98 Å². The van der Waals surface area contributed by atoms with Crippen molar-refractivity contribution in [3.05, 3.63) is 63.8 Å². The number of amides is 3. The minimum atomic E-state index is -0.282. The minimum absolute atomic E-state index is 0.0682. The maximum Gasteiger partial charge on any atom is 0.330 e. The molecule has 10 nitrogen and oxygen atoms in total. The summed E-state index contributed by atoms with van der Waals surface area (Å²) < 4.78 is 0. The van der Waals surface area contributed by atoms with Crippen molar-refractivity contribution in [1.29, 1.82) is 0 Å². The van der Waals surface area contributed by atoms with E-state index in [1.54, 1.807) is 34.2 Å². The number of carbonyl (C=O) groups excluding carboxylic acids is 2. The van der Waals surface area contributed by atoms with Crippen LogP contribution in [0.3, 0.4) is 0 Å². The molecular formula is C31H36Cl2N8O2. The molecule has 0 spiro atoms. The monoisotopic (exact) mass is 622 g/mol. The van der Waals surface area contributed by atoms with E-state index in [4.69, 9.17) is 28.2 Å². The highest BCUT2D eigenvalue weighted by molar-refractivity contribution is 6.40. The highest BCUT2D eigenvalue weighted by Gasteiger charge is 2.41. The highest BCUT2D eigenvalue weighted by Crippen LogP contribution is 2.40. The summed E-state index contributed by atoms with van der Waals surface area (Å²) >= 11 is 13.1. The quantitative estimate of drug-likeness (QED) is 0.386. The van der Waals surface area contributed by atoms with Gasteiger partial charge in [0.05, 0.1) is 28.3 Å². The van der Waals surface area contributed by atoms with Crippen molar-refractivity contribution in [2.75, 3.05) is 66.3 Å². The third-order valence-electron chi connectivity index (χ3n) is 8.52. The number of rotatable bonds is 6. The van der Waals surface area contributed by atoms with E-state index in [0.29, 0.717) is 53.4 Å². The van der Waals surface area contributed by atoms with Gasteiger partial charge < -0.3 is 20.0 Å². The molecule has 2 saturated heterocycles. The van der Waals surface area contributed by atoms with Gasteiger partial charge in [-0.3, -0.25) is 14.6 Å². The first kappa shape index (κ1) is 29.5. The fourth-order valence-corrected chi connectivity index (χ4v) is 6.76. The van der Waals surface area contributed by atoms with Gasteiger partial charge in [-0.1, -0.05) is 36.2 Å². The van der Waals surface area contributed by atoms with E-state index in [2.05, 4.69) is 46.2 Å². The highest BCUT2D eigenvalue weighted by atomic mass is 35.5. The number of aryl methyl sites for hydroxylation is 1. The Morgan fingerprint density at radius 1 is 1.07 bits per heavy atom. The topological polar surface area (TPSA) is 88.1 Å². The van der Waals surface area contributed by atoms with Crippen molar-refractivity contribution < 1.29 is 9.59 Å². The summed E-state index contributed by atoms with van der Waals surface area (Å²) in [6, 6.07) is 10.9. The van der Waals surface area contributed by atoms with Crippen molar-refractivity contribution in [3.63, 3.8) is 0 Å². The average molecular weight is 624 g/mol. The number of nitrogens with one attached hydrogen (secondary N) is 1. The normalized spacial score (nSPS) is 19.2. The van der Waals surface area contributed by atoms with Crippen molar-refractivity contribution >= 4 is 64.0 Å². The van der Waals surface area contributed by atoms with E-state index in [0.717, 1.165) is 37.4 Å². The Hall–Kier alpha value is -3.60. The van der Waals surface area contributed by atoms with E-state index < -0.39 is 0 Å². The minimum Gasteiger partial charge on any atom is -0.369 e. The lowest BCUT2D eigenvalue weighted by Crippen LogP contribution is -2.53. The van der Waals surface area contributed by atoms with Crippen LogP contribution in [0.2, 0.25) is 10.0 Å². The average Bonchev–Trinajstić information content (AvgIpc) is 3.47. The number of piperazine rings is 1. The summed E-state index contributed by atoms with van der Waals surface area (Å²) in [7, 11) is 2.15. The van der Waals surface area contributed by atoms with Gasteiger partial charge in [0.1, 0.15) is 5.82 Å². The van der Waals surface area contributed by atoms with Gasteiger partial charge >= 0.3 is 6.03 Å². The molecule has 0 radical (unpaired) electrons. The molecule has 6 rings (SSSR count). The van der Waals surface area contributed by atoms with Crippen LogP contribution in [0.25, 0.3) is 0 Å². The van der Waals surface area contributed by atoms with Gasteiger partial charge in [0.25, 0.3) is 0 Å². The number of benzene rings is 2. The molecule has 3 aromatic rings. The van der Waals surface area contributed by atoms with E-state index in [1.807, 2.05) is 17.9 Å². The number of hydrogen-bond donors (Lipinski definition) is 1. The molecular weight excluding hydrogens is 587 g/mol. The zero-order valence-corrected chi connectivity index (χ0v) is 26.2. The molecule has 3 amide bonds. The Labute approximate surface area is 262 Å². The molecule has 3 aliphatic heterocycles. The summed E-state index contributed by atoms with van der Waals surface area (Å²) in [5.74, 6) is 0.995. The molecule has 0 aliphatic carbocycles. The number of likely N-dealkylation sites (N-methyl/N-ethyl adjacent to an activating group) is 1. The van der Waals surface area contributed by atoms with E-state index in [9.17, 15) is 9.59 Å². The summed E-state index contributed by atoms with van der Waals surface area (Å²) in [5, 5.41) is 4.11. The maximum absolute atomic E-state index is 14.2. The number of carbonyl (C=O) groups is 2. The first-order valence-corrected chi connectivity index (χ1v) is 15.5. The molecule has 2 aromatic carbocycles. The van der Waals surface area contributed by atoms with Gasteiger partial charge in [-0.05, 0) is 56.3 Å². The molecule has 12 heteroatoms. The SMILES string of the molecule is CCC(=O)N1CC[C@H](N2C(=O)N(c3c(Cl)cccc3Cl)Cc3cnc(Nc4ccc(N5CCN(C)CC5)c(C)c4)nc32)C1. The van der Waals surface area contributed by atoms with Crippen molar-refractivity contribution in [2.24, 2.45) is 0 Å². The number of hydrogen-bond acceptors (Lipinski definition) is 7. The van der Waals surface area contributed by atoms with Crippen LogP contribution >= 0.6 is 23.2 Å². The van der Waals surface area contributed by atoms with Crippen molar-refractivity contribution in [2.45, 2.75) is 39.3 Å². The van der Waals surface area contributed by atoms with Crippen LogP contribution in [0.1, 0.15) is 30.9 Å². The Balaban J connectivity index is 1.31. The number of urea groups is 1. The van der Waals surface area contributed by atoms with Crippen molar-refractivity contribution in [3.8, 4) is 0 Å². The van der Waals surface area contributed by atoms with Crippen LogP contribution in [0, 0.1) is 6.92 Å². The van der Waals surface area contributed by atoms with Crippen LogP contribution in [0.15, 0.2) is 42.6 Å². The van der Waals surface area contributed by atoms with E-state index >= 15 is 0 Å². The number of anilines is 5. The molecule has 2 fully saturated rings. The van der Waals surface area contributed by atoms with E-state index in [-0.39, 0.29) is 24.5 Å². The maximum atomic E-state index is 14.2. The molecule has 226 valence electrons. The number of nitrogens with zero attached hydrogens (tertiary/aromatic N) is 7. The lowest BCUT2D eigenvalue weighted by atomic mass is 10.1. The first-order chi connectivity index (χ1) is 20.7. The Kier molecular flexibility index (Phi) is 8.35. The molecule has 43 heavy (non-hydrogen) atoms. The molecule has 3 aliphatic rings. The van der Waals surface area contributed by atoms with Crippen LogP contribution in [0.4, 0.5) is 33.6 Å². The molecule has 0 unspecified atom stereocenters. The predicted octanol–water partition coefficient (Wildman–Crippen LogP) is 5.54. The second-order valence-electron chi connectivity index (χ2n) is 11.4. The zero-order valence-electron chi connectivity index (χ0n) is 24.7. The second-order valence-corrected chi connectivity index (χ2v) is 12.2. The van der Waals surface area contributed by atoms with Crippen LogP contribution in [-0.4, -0.2) is 84.1 Å². The molecule has 0 bridgehead atoms. The molecule has 1 N–H and O–H groups in total. The fraction of sp³-hybridized carbons (Fsp3) is 0.419. The summed E-state index contributed by atoms with van der Waals surface area (Å²) in [6.45, 7) is 9.29. The third-order valence-corrected chi connectivity index (χ3v) is 9.13. The number of aromatic nitrogens is 2. The van der Waals surface area contributed by atoms with Crippen LogP contribution < -0.4 is 20.0 Å². The van der Waals surface area contributed by atoms with Gasteiger partial charge in [0.15, 0.2) is 0 Å². The van der Waals surface area contributed by atoms with Gasteiger partial charge in [-0.25, -0.2) is 9.78 Å². The number of halogens is 2. The molecule has 0 saturated carbocycles. The Morgan fingerprint density at radius 3 is 2.51 bits per heavy atom. The second kappa shape index (κ2) is 12.2. The van der Waals surface area contributed by atoms with Crippen molar-refractivity contribution in [1.82, 2.24) is 19.8 Å².